The Kier molecular flexibility index (Phi) is 4.65. The van der Waals surface area contributed by atoms with Crippen LogP contribution < -0.4 is 0 Å². The normalized spacial score (nSPS) is 17.9. The Labute approximate surface area is 114 Å². The topological polar surface area (TPSA) is 30.3 Å². The van der Waals surface area contributed by atoms with Crippen LogP contribution in [0.1, 0.15) is 18.4 Å². The number of piperidine rings is 1. The van der Waals surface area contributed by atoms with Gasteiger partial charge in [0.1, 0.15) is 0 Å². The number of nitriles is 1. The molecule has 1 fully saturated rings. The van der Waals surface area contributed by atoms with E-state index >= 15 is 0 Å². The summed E-state index contributed by atoms with van der Waals surface area (Å²) in [6.45, 7) is 2.26. The van der Waals surface area contributed by atoms with Crippen molar-refractivity contribution in [3.8, 4) is 6.07 Å². The van der Waals surface area contributed by atoms with Gasteiger partial charge in [-0.15, -0.1) is 0 Å². The van der Waals surface area contributed by atoms with E-state index in [-0.39, 0.29) is 0 Å². The fourth-order valence-electron chi connectivity index (χ4n) is 2.19. The summed E-state index contributed by atoms with van der Waals surface area (Å²) >= 11 is 1.80. The summed E-state index contributed by atoms with van der Waals surface area (Å²) in [6.07, 6.45) is 2.46. The molecule has 4 heteroatoms. The first kappa shape index (κ1) is 13.4. The molecule has 0 aromatic heterocycles. The van der Waals surface area contributed by atoms with E-state index in [1.54, 1.807) is 11.9 Å². The smallest absolute Gasteiger partial charge is 0.0991 e. The highest BCUT2D eigenvalue weighted by atomic mass is 32.2. The number of rotatable bonds is 3. The maximum Gasteiger partial charge on any atom is 0.0991 e. The van der Waals surface area contributed by atoms with Crippen molar-refractivity contribution in [3.05, 3.63) is 29.8 Å². The summed E-state index contributed by atoms with van der Waals surface area (Å²) in [7, 11) is 4.32. The van der Waals surface area contributed by atoms with Crippen molar-refractivity contribution < 1.29 is 0 Å². The van der Waals surface area contributed by atoms with E-state index in [1.165, 1.54) is 17.7 Å². The molecule has 0 spiro atoms. The van der Waals surface area contributed by atoms with Gasteiger partial charge in [-0.05, 0) is 63.2 Å². The molecule has 0 bridgehead atoms. The van der Waals surface area contributed by atoms with Gasteiger partial charge in [-0.3, -0.25) is 0 Å². The largest absolute Gasteiger partial charge is 0.306 e. The van der Waals surface area contributed by atoms with Gasteiger partial charge in [0.15, 0.2) is 0 Å². The van der Waals surface area contributed by atoms with Gasteiger partial charge in [0, 0.05) is 24.0 Å². The summed E-state index contributed by atoms with van der Waals surface area (Å²) in [5.74, 6) is 0. The third-order valence-corrected chi connectivity index (χ3v) is 4.48. The quantitative estimate of drug-likeness (QED) is 0.782. The van der Waals surface area contributed by atoms with E-state index in [0.717, 1.165) is 24.7 Å². The van der Waals surface area contributed by atoms with Crippen LogP contribution in [0, 0.1) is 11.3 Å². The minimum Gasteiger partial charge on any atom is -0.306 e. The number of hydrogen-bond donors (Lipinski definition) is 0. The summed E-state index contributed by atoms with van der Waals surface area (Å²) < 4.78 is 2.42. The predicted octanol–water partition coefficient (Wildman–Crippen LogP) is 2.59. The zero-order valence-electron chi connectivity index (χ0n) is 11.0. The molecule has 0 aliphatic carbocycles. The highest BCUT2D eigenvalue weighted by molar-refractivity contribution is 7.97. The van der Waals surface area contributed by atoms with Gasteiger partial charge >= 0.3 is 0 Å². The Morgan fingerprint density at radius 3 is 2.33 bits per heavy atom. The first-order valence-electron chi connectivity index (χ1n) is 6.28. The molecule has 1 saturated heterocycles. The molecule has 96 valence electrons. The average molecular weight is 261 g/mol. The highest BCUT2D eigenvalue weighted by Gasteiger charge is 2.20. The third-order valence-electron chi connectivity index (χ3n) is 3.37. The number of nitrogens with zero attached hydrogens (tertiary/aromatic N) is 3. The lowest BCUT2D eigenvalue weighted by molar-refractivity contribution is 0.203. The Morgan fingerprint density at radius 2 is 1.83 bits per heavy atom. The van der Waals surface area contributed by atoms with Crippen molar-refractivity contribution in [3.63, 3.8) is 0 Å². The molecule has 2 rings (SSSR count). The van der Waals surface area contributed by atoms with Crippen LogP contribution in [0.2, 0.25) is 0 Å². The maximum atomic E-state index is 8.76. The predicted molar refractivity (Wildman–Crippen MR) is 75.3 cm³/mol. The molecular weight excluding hydrogens is 242 g/mol. The first-order valence-corrected chi connectivity index (χ1v) is 7.06. The Hall–Kier alpha value is -1.02. The molecule has 1 aromatic carbocycles. The van der Waals surface area contributed by atoms with E-state index in [1.807, 2.05) is 24.3 Å². The molecule has 0 unspecified atom stereocenters. The molecule has 0 radical (unpaired) electrons. The second-order valence-corrected chi connectivity index (χ2v) is 6.02. The van der Waals surface area contributed by atoms with E-state index < -0.39 is 0 Å². The molecule has 0 saturated carbocycles. The van der Waals surface area contributed by atoms with Crippen molar-refractivity contribution >= 4 is 11.9 Å². The molecule has 3 nitrogen and oxygen atoms in total. The van der Waals surface area contributed by atoms with Crippen LogP contribution in [0.25, 0.3) is 0 Å². The van der Waals surface area contributed by atoms with Crippen LogP contribution in [-0.4, -0.2) is 42.4 Å². The van der Waals surface area contributed by atoms with Crippen molar-refractivity contribution in [1.29, 1.82) is 5.26 Å². The first-order chi connectivity index (χ1) is 8.69. The lowest BCUT2D eigenvalue weighted by Gasteiger charge is -2.34. The minimum atomic E-state index is 0.725. The van der Waals surface area contributed by atoms with Gasteiger partial charge < -0.3 is 4.90 Å². The van der Waals surface area contributed by atoms with E-state index in [2.05, 4.69) is 29.4 Å². The summed E-state index contributed by atoms with van der Waals surface area (Å²) in [5.41, 5.74) is 0.727. The number of hydrogen-bond acceptors (Lipinski definition) is 4. The van der Waals surface area contributed by atoms with Crippen molar-refractivity contribution in [1.82, 2.24) is 9.21 Å². The van der Waals surface area contributed by atoms with Crippen LogP contribution in [0.4, 0.5) is 0 Å². The SMILES string of the molecule is CN(C)C1CCN(Sc2ccc(C#N)cc2)CC1. The molecule has 1 aliphatic rings. The number of benzene rings is 1. The zero-order valence-corrected chi connectivity index (χ0v) is 11.8. The van der Waals surface area contributed by atoms with Crippen molar-refractivity contribution in [2.24, 2.45) is 0 Å². The van der Waals surface area contributed by atoms with Gasteiger partial charge in [0.2, 0.25) is 0 Å². The Bertz CT molecular complexity index is 414. The van der Waals surface area contributed by atoms with Crippen LogP contribution in [0.5, 0.6) is 0 Å². The minimum absolute atomic E-state index is 0.725. The van der Waals surface area contributed by atoms with Crippen molar-refractivity contribution in [2.45, 2.75) is 23.8 Å². The Morgan fingerprint density at radius 1 is 1.22 bits per heavy atom. The van der Waals surface area contributed by atoms with Crippen molar-refractivity contribution in [2.75, 3.05) is 27.2 Å². The summed E-state index contributed by atoms with van der Waals surface area (Å²) in [6, 6.07) is 10.7. The standard InChI is InChI=1S/C14H19N3S/c1-16(2)13-7-9-17(10-8-13)18-14-5-3-12(11-15)4-6-14/h3-6,13H,7-10H2,1-2H3. The van der Waals surface area contributed by atoms with Crippen LogP contribution in [0.15, 0.2) is 29.2 Å². The highest BCUT2D eigenvalue weighted by Crippen LogP contribution is 2.27. The van der Waals surface area contributed by atoms with Gasteiger partial charge in [-0.2, -0.15) is 5.26 Å². The molecule has 1 aliphatic heterocycles. The van der Waals surface area contributed by atoms with Gasteiger partial charge in [0.25, 0.3) is 0 Å². The van der Waals surface area contributed by atoms with E-state index in [4.69, 9.17) is 5.26 Å². The third kappa shape index (κ3) is 3.49. The second kappa shape index (κ2) is 6.24. The average Bonchev–Trinajstić information content (AvgIpc) is 2.40. The molecule has 0 amide bonds. The lowest BCUT2D eigenvalue weighted by Crippen LogP contribution is -2.39. The molecule has 1 aromatic rings. The fourth-order valence-corrected chi connectivity index (χ4v) is 3.14. The fraction of sp³-hybridized carbons (Fsp3) is 0.500. The van der Waals surface area contributed by atoms with E-state index in [9.17, 15) is 0 Å². The molecular formula is C14H19N3S. The van der Waals surface area contributed by atoms with Gasteiger partial charge in [-0.25, -0.2) is 4.31 Å². The van der Waals surface area contributed by atoms with Crippen LogP contribution in [-0.2, 0) is 0 Å². The van der Waals surface area contributed by atoms with Crippen LogP contribution in [0.3, 0.4) is 0 Å². The summed E-state index contributed by atoms with van der Waals surface area (Å²) in [4.78, 5) is 3.54. The summed E-state index contributed by atoms with van der Waals surface area (Å²) in [5, 5.41) is 8.76. The molecule has 0 N–H and O–H groups in total. The molecule has 18 heavy (non-hydrogen) atoms. The van der Waals surface area contributed by atoms with Crippen LogP contribution >= 0.6 is 11.9 Å². The zero-order chi connectivity index (χ0) is 13.0. The Balaban J connectivity index is 1.86. The van der Waals surface area contributed by atoms with E-state index in [0.29, 0.717) is 0 Å². The van der Waals surface area contributed by atoms with Gasteiger partial charge in [0.05, 0.1) is 11.6 Å². The lowest BCUT2D eigenvalue weighted by atomic mass is 10.1. The second-order valence-electron chi connectivity index (χ2n) is 4.85. The molecule has 1 heterocycles. The van der Waals surface area contributed by atoms with Gasteiger partial charge in [-0.1, -0.05) is 0 Å². The monoisotopic (exact) mass is 261 g/mol. The maximum absolute atomic E-state index is 8.76. The molecule has 0 atom stereocenters.